The zero-order valence-electron chi connectivity index (χ0n) is 19.7. The van der Waals surface area contributed by atoms with Crippen LogP contribution >= 0.6 is 11.6 Å². The fourth-order valence-corrected chi connectivity index (χ4v) is 4.54. The Hall–Kier alpha value is -3.95. The van der Waals surface area contributed by atoms with Crippen molar-refractivity contribution in [3.8, 4) is 11.5 Å². The van der Waals surface area contributed by atoms with Crippen LogP contribution in [0.2, 0.25) is 5.02 Å². The molecule has 0 aliphatic carbocycles. The maximum Gasteiger partial charge on any atom is 0.293 e. The van der Waals surface area contributed by atoms with Gasteiger partial charge in [0.1, 0.15) is 11.2 Å². The Labute approximate surface area is 211 Å². The Bertz CT molecular complexity index is 1490. The average molecular weight is 507 g/mol. The minimum absolute atomic E-state index is 0.126. The van der Waals surface area contributed by atoms with Crippen molar-refractivity contribution in [2.75, 3.05) is 36.5 Å². The number of amides is 1. The number of nitro groups is 1. The van der Waals surface area contributed by atoms with Crippen molar-refractivity contribution in [3.05, 3.63) is 80.4 Å². The van der Waals surface area contributed by atoms with Crippen LogP contribution in [0.5, 0.6) is 0 Å². The van der Waals surface area contributed by atoms with Crippen molar-refractivity contribution in [2.24, 2.45) is 0 Å². The van der Waals surface area contributed by atoms with Crippen LogP contribution in [0, 0.1) is 24.0 Å². The first-order valence-electron chi connectivity index (χ1n) is 11.4. The lowest BCUT2D eigenvalue weighted by atomic mass is 10.1. The highest BCUT2D eigenvalue weighted by molar-refractivity contribution is 6.33. The van der Waals surface area contributed by atoms with Crippen LogP contribution in [0.25, 0.3) is 22.6 Å². The third kappa shape index (κ3) is 4.62. The van der Waals surface area contributed by atoms with Crippen molar-refractivity contribution in [1.29, 1.82) is 0 Å². The Morgan fingerprint density at radius 2 is 1.89 bits per heavy atom. The summed E-state index contributed by atoms with van der Waals surface area (Å²) in [5, 5.41) is 14.9. The summed E-state index contributed by atoms with van der Waals surface area (Å²) < 4.78 is 11.3. The number of ether oxygens (including phenoxy) is 1. The zero-order valence-corrected chi connectivity index (χ0v) is 20.5. The SMILES string of the molecule is Cc1cc(C)c2oc(-c3cc(NC(=O)c4ccc(N5CCOCC5)c([N+](=O)[O-])c4)ccc3Cl)nc2c1. The summed E-state index contributed by atoms with van der Waals surface area (Å²) in [5.41, 5.74) is 4.92. The van der Waals surface area contributed by atoms with E-state index in [1.54, 1.807) is 30.3 Å². The van der Waals surface area contributed by atoms with Gasteiger partial charge in [0.15, 0.2) is 5.58 Å². The molecular weight excluding hydrogens is 484 g/mol. The van der Waals surface area contributed by atoms with Gasteiger partial charge < -0.3 is 19.4 Å². The van der Waals surface area contributed by atoms with Crippen LogP contribution in [0.15, 0.2) is 52.9 Å². The molecule has 2 heterocycles. The van der Waals surface area contributed by atoms with Crippen LogP contribution in [0.4, 0.5) is 17.1 Å². The van der Waals surface area contributed by atoms with Gasteiger partial charge in [-0.3, -0.25) is 14.9 Å². The van der Waals surface area contributed by atoms with Gasteiger partial charge in [0, 0.05) is 30.4 Å². The summed E-state index contributed by atoms with van der Waals surface area (Å²) in [5.74, 6) is -0.144. The van der Waals surface area contributed by atoms with Gasteiger partial charge >= 0.3 is 0 Å². The highest BCUT2D eigenvalue weighted by Crippen LogP contribution is 2.34. The van der Waals surface area contributed by atoms with Crippen molar-refractivity contribution in [1.82, 2.24) is 4.98 Å². The van der Waals surface area contributed by atoms with Gasteiger partial charge in [0.2, 0.25) is 5.89 Å². The highest BCUT2D eigenvalue weighted by Gasteiger charge is 2.24. The number of anilines is 2. The predicted molar refractivity (Wildman–Crippen MR) is 138 cm³/mol. The molecule has 0 bridgehead atoms. The van der Waals surface area contributed by atoms with Crippen LogP contribution in [-0.4, -0.2) is 42.1 Å². The highest BCUT2D eigenvalue weighted by atomic mass is 35.5. The van der Waals surface area contributed by atoms with E-state index in [2.05, 4.69) is 10.3 Å². The largest absolute Gasteiger partial charge is 0.436 e. The van der Waals surface area contributed by atoms with Crippen molar-refractivity contribution in [3.63, 3.8) is 0 Å². The van der Waals surface area contributed by atoms with E-state index in [4.69, 9.17) is 20.8 Å². The Morgan fingerprint density at radius 3 is 2.64 bits per heavy atom. The minimum Gasteiger partial charge on any atom is -0.436 e. The lowest BCUT2D eigenvalue weighted by molar-refractivity contribution is -0.384. The second-order valence-electron chi connectivity index (χ2n) is 8.66. The number of fused-ring (bicyclic) bond motifs is 1. The Morgan fingerprint density at radius 1 is 1.11 bits per heavy atom. The van der Waals surface area contributed by atoms with Gasteiger partial charge in [0.25, 0.3) is 11.6 Å². The molecule has 0 atom stereocenters. The van der Waals surface area contributed by atoms with E-state index in [9.17, 15) is 14.9 Å². The number of nitrogens with zero attached hydrogens (tertiary/aromatic N) is 3. The molecule has 0 radical (unpaired) electrons. The molecule has 10 heteroatoms. The topological polar surface area (TPSA) is 111 Å². The number of carbonyl (C=O) groups is 1. The number of rotatable bonds is 5. The van der Waals surface area contributed by atoms with Gasteiger partial charge in [-0.25, -0.2) is 4.98 Å². The van der Waals surface area contributed by atoms with E-state index in [0.717, 1.165) is 16.6 Å². The first-order valence-corrected chi connectivity index (χ1v) is 11.8. The fraction of sp³-hybridized carbons (Fsp3) is 0.231. The molecule has 184 valence electrons. The van der Waals surface area contributed by atoms with Gasteiger partial charge in [-0.2, -0.15) is 0 Å². The summed E-state index contributed by atoms with van der Waals surface area (Å²) in [6.45, 7) is 6.03. The standard InChI is InChI=1S/C26H23ClN4O5/c1-15-11-16(2)24-21(12-15)29-26(36-24)19-14-18(4-5-20(19)27)28-25(32)17-3-6-22(23(13-17)31(33)34)30-7-9-35-10-8-30/h3-6,11-14H,7-10H2,1-2H3,(H,28,32). The molecule has 1 N–H and O–H groups in total. The summed E-state index contributed by atoms with van der Waals surface area (Å²) >= 11 is 6.43. The molecule has 1 aliphatic heterocycles. The monoisotopic (exact) mass is 506 g/mol. The second kappa shape index (κ2) is 9.60. The number of carbonyl (C=O) groups excluding carboxylic acids is 1. The third-order valence-electron chi connectivity index (χ3n) is 6.06. The molecule has 1 aromatic heterocycles. The maximum atomic E-state index is 13.0. The van der Waals surface area contributed by atoms with Gasteiger partial charge in [-0.1, -0.05) is 17.7 Å². The first-order chi connectivity index (χ1) is 17.3. The van der Waals surface area contributed by atoms with Crippen LogP contribution in [0.1, 0.15) is 21.5 Å². The van der Waals surface area contributed by atoms with E-state index >= 15 is 0 Å². The van der Waals surface area contributed by atoms with Gasteiger partial charge in [-0.05, 0) is 61.4 Å². The fourth-order valence-electron chi connectivity index (χ4n) is 4.34. The first kappa shape index (κ1) is 23.8. The van der Waals surface area contributed by atoms with Crippen molar-refractivity contribution >= 4 is 45.7 Å². The zero-order chi connectivity index (χ0) is 25.4. The number of morpholine rings is 1. The van der Waals surface area contributed by atoms with E-state index in [-0.39, 0.29) is 11.3 Å². The van der Waals surface area contributed by atoms with Crippen molar-refractivity contribution < 1.29 is 18.9 Å². The summed E-state index contributed by atoms with van der Waals surface area (Å²) in [6, 6.07) is 13.4. The maximum absolute atomic E-state index is 13.0. The summed E-state index contributed by atoms with van der Waals surface area (Å²) in [7, 11) is 0. The molecule has 4 aromatic rings. The van der Waals surface area contributed by atoms with E-state index in [1.165, 1.54) is 6.07 Å². The predicted octanol–water partition coefficient (Wildman–Crippen LogP) is 5.76. The Balaban J connectivity index is 1.43. The summed E-state index contributed by atoms with van der Waals surface area (Å²) in [6.07, 6.45) is 0. The molecular formula is C26H23ClN4O5. The molecule has 1 fully saturated rings. The number of hydrogen-bond donors (Lipinski definition) is 1. The number of nitro benzene ring substituents is 1. The smallest absolute Gasteiger partial charge is 0.293 e. The number of nitrogens with one attached hydrogen (secondary N) is 1. The van der Waals surface area contributed by atoms with E-state index < -0.39 is 10.8 Å². The minimum atomic E-state index is -0.482. The molecule has 0 unspecified atom stereocenters. The van der Waals surface area contributed by atoms with E-state index in [0.29, 0.717) is 59.7 Å². The number of aryl methyl sites for hydroxylation is 2. The average Bonchev–Trinajstić information content (AvgIpc) is 3.29. The molecule has 0 spiro atoms. The lowest BCUT2D eigenvalue weighted by Crippen LogP contribution is -2.36. The molecule has 36 heavy (non-hydrogen) atoms. The molecule has 1 aliphatic rings. The van der Waals surface area contributed by atoms with Crippen LogP contribution in [-0.2, 0) is 4.74 Å². The van der Waals surface area contributed by atoms with Gasteiger partial charge in [-0.15, -0.1) is 0 Å². The van der Waals surface area contributed by atoms with E-state index in [1.807, 2.05) is 30.9 Å². The normalized spacial score (nSPS) is 13.7. The molecule has 9 nitrogen and oxygen atoms in total. The number of halogens is 1. The number of aromatic nitrogens is 1. The second-order valence-corrected chi connectivity index (χ2v) is 9.07. The van der Waals surface area contributed by atoms with Crippen LogP contribution in [0.3, 0.4) is 0 Å². The molecule has 1 amide bonds. The number of hydrogen-bond acceptors (Lipinski definition) is 7. The lowest BCUT2D eigenvalue weighted by Gasteiger charge is -2.28. The number of oxazole rings is 1. The molecule has 0 saturated carbocycles. The van der Waals surface area contributed by atoms with Crippen molar-refractivity contribution in [2.45, 2.75) is 13.8 Å². The van der Waals surface area contributed by atoms with Gasteiger partial charge in [0.05, 0.1) is 28.7 Å². The quantitative estimate of drug-likeness (QED) is 0.270. The molecule has 1 saturated heterocycles. The molecule has 5 rings (SSSR count). The number of benzene rings is 3. The van der Waals surface area contributed by atoms with Crippen LogP contribution < -0.4 is 10.2 Å². The summed E-state index contributed by atoms with van der Waals surface area (Å²) in [4.78, 5) is 30.7. The molecule has 3 aromatic carbocycles. The Kier molecular flexibility index (Phi) is 6.34. The third-order valence-corrected chi connectivity index (χ3v) is 6.39.